The summed E-state index contributed by atoms with van der Waals surface area (Å²) in [6, 6.07) is 3.29. The third-order valence-corrected chi connectivity index (χ3v) is 1.58. The maximum absolute atomic E-state index is 10.6. The minimum absolute atomic E-state index is 0.0532. The highest BCUT2D eigenvalue weighted by atomic mass is 16.4. The van der Waals surface area contributed by atoms with Crippen molar-refractivity contribution in [3.05, 3.63) is 23.4 Å². The Hall–Kier alpha value is -1.58. The van der Waals surface area contributed by atoms with E-state index < -0.39 is 5.97 Å². The summed E-state index contributed by atoms with van der Waals surface area (Å²) < 4.78 is 0. The van der Waals surface area contributed by atoms with E-state index in [4.69, 9.17) is 10.8 Å². The van der Waals surface area contributed by atoms with Gasteiger partial charge in [-0.3, -0.25) is 0 Å². The second kappa shape index (κ2) is 3.21. The van der Waals surface area contributed by atoms with Crippen LogP contribution in [0, 0.1) is 0 Å². The van der Waals surface area contributed by atoms with Crippen molar-refractivity contribution in [2.24, 2.45) is 0 Å². The lowest BCUT2D eigenvalue weighted by Crippen LogP contribution is -2.06. The smallest absolute Gasteiger partial charge is 0.354 e. The molecule has 0 aliphatic carbocycles. The molecule has 0 saturated carbocycles. The average Bonchev–Trinajstić information content (AvgIpc) is 2.04. The molecule has 0 aliphatic heterocycles. The van der Waals surface area contributed by atoms with Crippen molar-refractivity contribution in [1.82, 2.24) is 4.98 Å². The summed E-state index contributed by atoms with van der Waals surface area (Å²) in [7, 11) is 0. The summed E-state index contributed by atoms with van der Waals surface area (Å²) in [4.78, 5) is 14.3. The van der Waals surface area contributed by atoms with Crippen LogP contribution in [0.2, 0.25) is 0 Å². The van der Waals surface area contributed by atoms with Crippen molar-refractivity contribution in [3.8, 4) is 0 Å². The van der Waals surface area contributed by atoms with Crippen LogP contribution in [-0.2, 0) is 6.42 Å². The van der Waals surface area contributed by atoms with Gasteiger partial charge in [0.15, 0.2) is 5.69 Å². The number of aromatic carboxylic acids is 1. The van der Waals surface area contributed by atoms with E-state index in [-0.39, 0.29) is 11.5 Å². The Kier molecular flexibility index (Phi) is 2.28. The fourth-order valence-electron chi connectivity index (χ4n) is 0.974. The van der Waals surface area contributed by atoms with Crippen LogP contribution in [0.3, 0.4) is 0 Å². The molecule has 1 rings (SSSR count). The molecule has 0 amide bonds. The molecule has 0 unspecified atom stereocenters. The third kappa shape index (κ3) is 1.53. The zero-order valence-corrected chi connectivity index (χ0v) is 6.74. The molecule has 4 heteroatoms. The Morgan fingerprint density at radius 1 is 1.67 bits per heavy atom. The van der Waals surface area contributed by atoms with Crippen LogP contribution < -0.4 is 5.73 Å². The van der Waals surface area contributed by atoms with Gasteiger partial charge in [0.05, 0.1) is 0 Å². The second-order valence-electron chi connectivity index (χ2n) is 2.40. The number of anilines is 1. The van der Waals surface area contributed by atoms with Gasteiger partial charge in [-0.25, -0.2) is 9.78 Å². The molecule has 0 atom stereocenters. The lowest BCUT2D eigenvalue weighted by molar-refractivity contribution is 0.0689. The Labute approximate surface area is 70.0 Å². The van der Waals surface area contributed by atoms with E-state index in [1.54, 1.807) is 12.1 Å². The van der Waals surface area contributed by atoms with E-state index >= 15 is 0 Å². The molecule has 0 spiro atoms. The van der Waals surface area contributed by atoms with Crippen molar-refractivity contribution in [2.75, 3.05) is 5.73 Å². The normalized spacial score (nSPS) is 9.75. The molecule has 64 valence electrons. The number of carboxylic acid groups (broad SMARTS) is 1. The highest BCUT2D eigenvalue weighted by molar-refractivity contribution is 5.87. The molecule has 4 nitrogen and oxygen atoms in total. The number of hydrogen-bond acceptors (Lipinski definition) is 3. The molecule has 0 saturated heterocycles. The number of nitrogen functional groups attached to an aromatic ring is 1. The minimum Gasteiger partial charge on any atom is -0.477 e. The lowest BCUT2D eigenvalue weighted by atomic mass is 10.1. The van der Waals surface area contributed by atoms with Crippen LogP contribution in [-0.4, -0.2) is 16.1 Å². The Morgan fingerprint density at radius 3 is 2.83 bits per heavy atom. The van der Waals surface area contributed by atoms with Gasteiger partial charge in [-0.15, -0.1) is 0 Å². The molecule has 1 aromatic rings. The molecule has 0 radical (unpaired) electrons. The van der Waals surface area contributed by atoms with Gasteiger partial charge < -0.3 is 10.8 Å². The van der Waals surface area contributed by atoms with Crippen molar-refractivity contribution in [2.45, 2.75) is 13.3 Å². The Balaban J connectivity index is 3.21. The van der Waals surface area contributed by atoms with Gasteiger partial charge in [-0.05, 0) is 18.1 Å². The molecule has 0 aromatic carbocycles. The summed E-state index contributed by atoms with van der Waals surface area (Å²) in [6.07, 6.45) is 0.648. The molecular formula is C8H10N2O2. The maximum Gasteiger partial charge on any atom is 0.354 e. The maximum atomic E-state index is 10.6. The van der Waals surface area contributed by atoms with Gasteiger partial charge >= 0.3 is 5.97 Å². The molecule has 1 aromatic heterocycles. The highest BCUT2D eigenvalue weighted by Gasteiger charge is 2.09. The number of carboxylic acids is 1. The van der Waals surface area contributed by atoms with Gasteiger partial charge in [-0.2, -0.15) is 0 Å². The average molecular weight is 166 g/mol. The zero-order chi connectivity index (χ0) is 9.14. The van der Waals surface area contributed by atoms with Gasteiger partial charge in [0.1, 0.15) is 5.82 Å². The summed E-state index contributed by atoms with van der Waals surface area (Å²) in [6.45, 7) is 1.87. The van der Waals surface area contributed by atoms with E-state index in [1.807, 2.05) is 6.92 Å². The first-order valence-corrected chi connectivity index (χ1v) is 3.63. The Morgan fingerprint density at radius 2 is 2.33 bits per heavy atom. The summed E-state index contributed by atoms with van der Waals surface area (Å²) >= 11 is 0. The van der Waals surface area contributed by atoms with Crippen molar-refractivity contribution >= 4 is 11.8 Å². The second-order valence-corrected chi connectivity index (χ2v) is 2.40. The van der Waals surface area contributed by atoms with Gasteiger partial charge in [0.25, 0.3) is 0 Å². The van der Waals surface area contributed by atoms with E-state index in [2.05, 4.69) is 4.98 Å². The fourth-order valence-corrected chi connectivity index (χ4v) is 0.974. The predicted molar refractivity (Wildman–Crippen MR) is 45.0 cm³/mol. The Bertz CT molecular complexity index is 310. The van der Waals surface area contributed by atoms with Crippen LogP contribution in [0.25, 0.3) is 0 Å². The quantitative estimate of drug-likeness (QED) is 0.685. The van der Waals surface area contributed by atoms with E-state index in [0.29, 0.717) is 12.0 Å². The molecule has 0 aliphatic rings. The van der Waals surface area contributed by atoms with E-state index in [9.17, 15) is 4.79 Å². The molecule has 0 fully saturated rings. The first kappa shape index (κ1) is 8.52. The van der Waals surface area contributed by atoms with Crippen LogP contribution in [0.4, 0.5) is 5.82 Å². The molecule has 12 heavy (non-hydrogen) atoms. The molecular weight excluding hydrogens is 156 g/mol. The summed E-state index contributed by atoms with van der Waals surface area (Å²) in [5, 5.41) is 8.70. The van der Waals surface area contributed by atoms with E-state index in [0.717, 1.165) is 0 Å². The first-order valence-electron chi connectivity index (χ1n) is 3.63. The highest BCUT2D eigenvalue weighted by Crippen LogP contribution is 2.09. The lowest BCUT2D eigenvalue weighted by Gasteiger charge is -2.02. The number of pyridine rings is 1. The number of hydrogen-bond donors (Lipinski definition) is 2. The summed E-state index contributed by atoms with van der Waals surface area (Å²) in [5.74, 6) is -0.788. The summed E-state index contributed by atoms with van der Waals surface area (Å²) in [5.41, 5.74) is 6.10. The monoisotopic (exact) mass is 166 g/mol. The SMILES string of the molecule is CCc1ccc(N)nc1C(=O)O. The predicted octanol–water partition coefficient (Wildman–Crippen LogP) is 0.924. The van der Waals surface area contributed by atoms with Crippen molar-refractivity contribution < 1.29 is 9.90 Å². The largest absolute Gasteiger partial charge is 0.477 e. The van der Waals surface area contributed by atoms with Gasteiger partial charge in [0, 0.05) is 0 Å². The van der Waals surface area contributed by atoms with Gasteiger partial charge in [0.2, 0.25) is 0 Å². The topological polar surface area (TPSA) is 76.2 Å². The van der Waals surface area contributed by atoms with Crippen molar-refractivity contribution in [1.29, 1.82) is 0 Å². The zero-order valence-electron chi connectivity index (χ0n) is 6.74. The fraction of sp³-hybridized carbons (Fsp3) is 0.250. The van der Waals surface area contributed by atoms with E-state index in [1.165, 1.54) is 0 Å². The minimum atomic E-state index is -1.03. The standard InChI is InChI=1S/C8H10N2O2/c1-2-5-3-4-6(9)10-7(5)8(11)12/h3-4H,2H2,1H3,(H2,9,10)(H,11,12). The van der Waals surface area contributed by atoms with Crippen LogP contribution in [0.1, 0.15) is 23.0 Å². The van der Waals surface area contributed by atoms with Crippen LogP contribution >= 0.6 is 0 Å². The van der Waals surface area contributed by atoms with Crippen LogP contribution in [0.15, 0.2) is 12.1 Å². The van der Waals surface area contributed by atoms with Crippen LogP contribution in [0.5, 0.6) is 0 Å². The molecule has 1 heterocycles. The number of rotatable bonds is 2. The first-order chi connectivity index (χ1) is 5.65. The van der Waals surface area contributed by atoms with Crippen molar-refractivity contribution in [3.63, 3.8) is 0 Å². The number of carbonyl (C=O) groups is 1. The number of aromatic nitrogens is 1. The molecule has 0 bridgehead atoms. The third-order valence-electron chi connectivity index (χ3n) is 1.58. The number of nitrogens with zero attached hydrogens (tertiary/aromatic N) is 1. The van der Waals surface area contributed by atoms with Gasteiger partial charge in [-0.1, -0.05) is 13.0 Å². The number of nitrogens with two attached hydrogens (primary N) is 1. The number of aryl methyl sites for hydroxylation is 1. The molecule has 3 N–H and O–H groups in total.